The molecule has 0 fully saturated rings. The first-order valence-corrected chi connectivity index (χ1v) is 10.2. The van der Waals surface area contributed by atoms with Crippen LogP contribution in [-0.4, -0.2) is 37.7 Å². The molecule has 30 heavy (non-hydrogen) atoms. The van der Waals surface area contributed by atoms with E-state index in [0.717, 1.165) is 23.4 Å². The van der Waals surface area contributed by atoms with Gasteiger partial charge in [-0.2, -0.15) is 0 Å². The van der Waals surface area contributed by atoms with Crippen molar-refractivity contribution in [1.29, 1.82) is 0 Å². The van der Waals surface area contributed by atoms with E-state index >= 15 is 0 Å². The van der Waals surface area contributed by atoms with Crippen LogP contribution in [0, 0.1) is 0 Å². The Hall–Kier alpha value is -3.31. The number of carbonyl (C=O) groups is 1. The predicted octanol–water partition coefficient (Wildman–Crippen LogP) is 4.52. The average molecular weight is 402 g/mol. The molecule has 0 aliphatic carbocycles. The summed E-state index contributed by atoms with van der Waals surface area (Å²) in [7, 11) is 1.65. The third-order valence-electron chi connectivity index (χ3n) is 5.26. The van der Waals surface area contributed by atoms with Gasteiger partial charge in [-0.15, -0.1) is 0 Å². The van der Waals surface area contributed by atoms with Crippen molar-refractivity contribution >= 4 is 11.6 Å². The maximum Gasteiger partial charge on any atom is 0.257 e. The molecule has 1 unspecified atom stereocenters. The van der Waals surface area contributed by atoms with Crippen LogP contribution in [0.3, 0.4) is 0 Å². The van der Waals surface area contributed by atoms with E-state index in [0.29, 0.717) is 25.3 Å². The van der Waals surface area contributed by atoms with Crippen molar-refractivity contribution in [2.24, 2.45) is 0 Å². The lowest BCUT2D eigenvalue weighted by molar-refractivity contribution is 0.0609. The van der Waals surface area contributed by atoms with E-state index in [1.54, 1.807) is 7.11 Å². The summed E-state index contributed by atoms with van der Waals surface area (Å²) in [6.07, 6.45) is 0.615. The van der Waals surface area contributed by atoms with E-state index in [4.69, 9.17) is 9.47 Å². The molecule has 1 aliphatic rings. The normalized spacial score (nSPS) is 15.4. The van der Waals surface area contributed by atoms with Crippen molar-refractivity contribution in [3.63, 3.8) is 0 Å². The number of carbonyl (C=O) groups excluding carboxylic acids is 1. The molecule has 0 radical (unpaired) electrons. The fraction of sp³-hybridized carbons (Fsp3) is 0.240. The Morgan fingerprint density at radius 2 is 1.63 bits per heavy atom. The lowest BCUT2D eigenvalue weighted by Gasteiger charge is -2.38. The van der Waals surface area contributed by atoms with Gasteiger partial charge >= 0.3 is 0 Å². The van der Waals surface area contributed by atoms with E-state index in [1.165, 1.54) is 5.56 Å². The van der Waals surface area contributed by atoms with Gasteiger partial charge in [-0.3, -0.25) is 4.79 Å². The summed E-state index contributed by atoms with van der Waals surface area (Å²) in [4.78, 5) is 14.9. The molecule has 3 aromatic carbocycles. The summed E-state index contributed by atoms with van der Waals surface area (Å²) >= 11 is 0. The number of ether oxygens (including phenoxy) is 2. The predicted molar refractivity (Wildman–Crippen MR) is 118 cm³/mol. The highest BCUT2D eigenvalue weighted by Crippen LogP contribution is 2.33. The molecule has 1 aliphatic heterocycles. The Kier molecular flexibility index (Phi) is 6.30. The average Bonchev–Trinajstić information content (AvgIpc) is 2.80. The number of fused-ring (bicyclic) bond motifs is 1. The number of methoxy groups -OCH3 is 1. The summed E-state index contributed by atoms with van der Waals surface area (Å²) in [6.45, 7) is 1.61. The molecule has 5 heteroatoms. The Bertz CT molecular complexity index is 973. The first-order chi connectivity index (χ1) is 14.8. The molecule has 1 atom stereocenters. The standard InChI is InChI=1S/C25H26N2O3/c1-29-18-16-27-24(26-23-10-6-5-9-22(23)25(27)28)20-11-13-21(14-12-20)30-17-15-19-7-3-2-4-8-19/h2-14,24,26H,15-18H2,1H3. The van der Waals surface area contributed by atoms with Gasteiger partial charge in [0.2, 0.25) is 0 Å². The van der Waals surface area contributed by atoms with Crippen molar-refractivity contribution in [2.75, 3.05) is 32.2 Å². The summed E-state index contributed by atoms with van der Waals surface area (Å²) in [5.41, 5.74) is 3.80. The molecule has 3 aromatic rings. The Morgan fingerprint density at radius 1 is 0.900 bits per heavy atom. The molecule has 1 N–H and O–H groups in total. The minimum Gasteiger partial charge on any atom is -0.493 e. The summed E-state index contributed by atoms with van der Waals surface area (Å²) in [5, 5.41) is 3.50. The van der Waals surface area contributed by atoms with Crippen LogP contribution in [0.25, 0.3) is 0 Å². The van der Waals surface area contributed by atoms with Crippen LogP contribution in [0.4, 0.5) is 5.69 Å². The molecule has 1 heterocycles. The van der Waals surface area contributed by atoms with Gasteiger partial charge in [-0.25, -0.2) is 0 Å². The number of nitrogens with zero attached hydrogens (tertiary/aromatic N) is 1. The van der Waals surface area contributed by atoms with Crippen LogP contribution in [0.5, 0.6) is 5.75 Å². The fourth-order valence-electron chi connectivity index (χ4n) is 3.65. The van der Waals surface area contributed by atoms with Crippen molar-refractivity contribution in [3.8, 4) is 5.75 Å². The van der Waals surface area contributed by atoms with Crippen LogP contribution in [0.1, 0.15) is 27.7 Å². The Balaban J connectivity index is 1.46. The zero-order valence-electron chi connectivity index (χ0n) is 17.1. The van der Waals surface area contributed by atoms with E-state index in [2.05, 4.69) is 17.4 Å². The number of para-hydroxylation sites is 1. The highest BCUT2D eigenvalue weighted by atomic mass is 16.5. The lowest BCUT2D eigenvalue weighted by Crippen LogP contribution is -2.44. The molecule has 1 amide bonds. The second-order valence-electron chi connectivity index (χ2n) is 7.24. The molecule has 5 nitrogen and oxygen atoms in total. The smallest absolute Gasteiger partial charge is 0.257 e. The SMILES string of the molecule is COCCN1C(=O)c2ccccc2NC1c1ccc(OCCc2ccccc2)cc1. The number of hydrogen-bond acceptors (Lipinski definition) is 4. The molecule has 4 rings (SSSR count). The van der Waals surface area contributed by atoms with Gasteiger partial charge in [0.1, 0.15) is 11.9 Å². The van der Waals surface area contributed by atoms with Gasteiger partial charge in [0.15, 0.2) is 0 Å². The molecular weight excluding hydrogens is 376 g/mol. The maximum absolute atomic E-state index is 13.1. The molecule has 0 saturated carbocycles. The van der Waals surface area contributed by atoms with E-state index in [9.17, 15) is 4.79 Å². The number of anilines is 1. The zero-order valence-corrected chi connectivity index (χ0v) is 17.1. The third kappa shape index (κ3) is 4.47. The topological polar surface area (TPSA) is 50.8 Å². The fourth-order valence-corrected chi connectivity index (χ4v) is 3.65. The second-order valence-corrected chi connectivity index (χ2v) is 7.24. The van der Waals surface area contributed by atoms with Gasteiger partial charge in [-0.05, 0) is 35.4 Å². The molecule has 0 bridgehead atoms. The highest BCUT2D eigenvalue weighted by molar-refractivity contribution is 6.01. The summed E-state index contributed by atoms with van der Waals surface area (Å²) in [6, 6.07) is 25.8. The monoisotopic (exact) mass is 402 g/mol. The summed E-state index contributed by atoms with van der Waals surface area (Å²) < 4.78 is 11.1. The molecule has 0 saturated heterocycles. The lowest BCUT2D eigenvalue weighted by atomic mass is 10.0. The third-order valence-corrected chi connectivity index (χ3v) is 5.26. The Labute approximate surface area is 177 Å². The van der Waals surface area contributed by atoms with Crippen molar-refractivity contribution in [1.82, 2.24) is 4.90 Å². The van der Waals surface area contributed by atoms with Crippen molar-refractivity contribution in [3.05, 3.63) is 95.6 Å². The van der Waals surface area contributed by atoms with Crippen LogP contribution in [-0.2, 0) is 11.2 Å². The number of rotatable bonds is 8. The molecular formula is C25H26N2O3. The quantitative estimate of drug-likeness (QED) is 0.602. The Morgan fingerprint density at radius 3 is 2.40 bits per heavy atom. The highest BCUT2D eigenvalue weighted by Gasteiger charge is 2.32. The van der Waals surface area contributed by atoms with Gasteiger partial charge in [0.25, 0.3) is 5.91 Å². The van der Waals surface area contributed by atoms with Crippen LogP contribution in [0.15, 0.2) is 78.9 Å². The van der Waals surface area contributed by atoms with Crippen molar-refractivity contribution < 1.29 is 14.3 Å². The number of benzene rings is 3. The largest absolute Gasteiger partial charge is 0.493 e. The second kappa shape index (κ2) is 9.46. The van der Waals surface area contributed by atoms with E-state index in [-0.39, 0.29) is 12.1 Å². The molecule has 154 valence electrons. The minimum absolute atomic E-state index is 0.00888. The van der Waals surface area contributed by atoms with Gasteiger partial charge in [-0.1, -0.05) is 54.6 Å². The first kappa shape index (κ1) is 20.0. The maximum atomic E-state index is 13.1. The minimum atomic E-state index is -0.249. The van der Waals surface area contributed by atoms with Crippen LogP contribution >= 0.6 is 0 Å². The van der Waals surface area contributed by atoms with Gasteiger partial charge in [0, 0.05) is 25.8 Å². The van der Waals surface area contributed by atoms with Gasteiger partial charge in [0.05, 0.1) is 18.8 Å². The van der Waals surface area contributed by atoms with Crippen LogP contribution < -0.4 is 10.1 Å². The summed E-state index contributed by atoms with van der Waals surface area (Å²) in [5.74, 6) is 0.829. The van der Waals surface area contributed by atoms with Crippen LogP contribution in [0.2, 0.25) is 0 Å². The molecule has 0 spiro atoms. The number of amides is 1. The zero-order chi connectivity index (χ0) is 20.8. The van der Waals surface area contributed by atoms with Gasteiger partial charge < -0.3 is 19.7 Å². The van der Waals surface area contributed by atoms with Crippen molar-refractivity contribution in [2.45, 2.75) is 12.6 Å². The molecule has 0 aromatic heterocycles. The number of nitrogens with one attached hydrogen (secondary N) is 1. The van der Waals surface area contributed by atoms with E-state index in [1.807, 2.05) is 71.6 Å². The first-order valence-electron chi connectivity index (χ1n) is 10.2. The number of hydrogen-bond donors (Lipinski definition) is 1. The van der Waals surface area contributed by atoms with E-state index < -0.39 is 0 Å².